The van der Waals surface area contributed by atoms with Gasteiger partial charge in [-0.1, -0.05) is 15.9 Å². The first-order chi connectivity index (χ1) is 8.67. The van der Waals surface area contributed by atoms with Crippen molar-refractivity contribution in [2.45, 2.75) is 87.2 Å². The number of ether oxygens (including phenoxy) is 2. The molecule has 1 saturated carbocycles. The van der Waals surface area contributed by atoms with Crippen LogP contribution in [0.2, 0.25) is 0 Å². The molecule has 3 heterocycles. The zero-order chi connectivity index (χ0) is 14.1. The van der Waals surface area contributed by atoms with E-state index in [2.05, 4.69) is 43.6 Å². The molecule has 4 fully saturated rings. The number of hydrogen-bond acceptors (Lipinski definition) is 3. The van der Waals surface area contributed by atoms with Crippen molar-refractivity contribution < 1.29 is 14.6 Å². The Morgan fingerprint density at radius 1 is 1.16 bits per heavy atom. The van der Waals surface area contributed by atoms with Crippen LogP contribution in [0.5, 0.6) is 0 Å². The van der Waals surface area contributed by atoms with E-state index >= 15 is 0 Å². The lowest BCUT2D eigenvalue weighted by Gasteiger charge is -2.52. The van der Waals surface area contributed by atoms with Gasteiger partial charge >= 0.3 is 0 Å². The molecule has 0 aromatic carbocycles. The highest BCUT2D eigenvalue weighted by molar-refractivity contribution is 9.09. The van der Waals surface area contributed by atoms with E-state index in [4.69, 9.17) is 9.47 Å². The second-order valence-electron chi connectivity index (χ2n) is 7.50. The molecule has 19 heavy (non-hydrogen) atoms. The number of fused-ring (bicyclic) bond motifs is 2. The fourth-order valence-corrected chi connectivity index (χ4v) is 4.59. The first-order valence-corrected chi connectivity index (χ1v) is 8.29. The molecule has 3 nitrogen and oxygen atoms in total. The van der Waals surface area contributed by atoms with Gasteiger partial charge in [-0.2, -0.15) is 0 Å². The third kappa shape index (κ3) is 2.02. The summed E-state index contributed by atoms with van der Waals surface area (Å²) in [5.41, 5.74) is -0.859. The van der Waals surface area contributed by atoms with E-state index in [0.717, 1.165) is 25.7 Å². The molecule has 6 atom stereocenters. The first-order valence-electron chi connectivity index (χ1n) is 7.37. The predicted molar refractivity (Wildman–Crippen MR) is 77.5 cm³/mol. The Bertz CT molecular complexity index is 386. The molecule has 1 N–H and O–H groups in total. The fraction of sp³-hybridized carbons (Fsp3) is 1.00. The summed E-state index contributed by atoms with van der Waals surface area (Å²) >= 11 is 3.75. The predicted octanol–water partition coefficient (Wildman–Crippen LogP) is 3.03. The number of aliphatic hydroxyl groups excluding tert-OH is 1. The molecular formula is C15H25BrO3. The van der Waals surface area contributed by atoms with Crippen LogP contribution in [0.15, 0.2) is 0 Å². The van der Waals surface area contributed by atoms with Crippen LogP contribution in [0.3, 0.4) is 0 Å². The zero-order valence-electron chi connectivity index (χ0n) is 12.3. The lowest BCUT2D eigenvalue weighted by Crippen LogP contribution is -2.60. The van der Waals surface area contributed by atoms with Crippen LogP contribution in [0.4, 0.5) is 0 Å². The van der Waals surface area contributed by atoms with Crippen LogP contribution < -0.4 is 0 Å². The van der Waals surface area contributed by atoms with Crippen LogP contribution in [0.25, 0.3) is 0 Å². The largest absolute Gasteiger partial charge is 0.390 e. The summed E-state index contributed by atoms with van der Waals surface area (Å²) in [5, 5.41) is 10.4. The summed E-state index contributed by atoms with van der Waals surface area (Å²) in [6, 6.07) is 0. The molecule has 0 aromatic rings. The van der Waals surface area contributed by atoms with Crippen LogP contribution >= 0.6 is 15.9 Å². The van der Waals surface area contributed by atoms with Gasteiger partial charge in [-0.05, 0) is 59.3 Å². The number of hydrogen-bond donors (Lipinski definition) is 1. The molecule has 4 heteroatoms. The number of halogens is 1. The Balaban J connectivity index is 1.99. The summed E-state index contributed by atoms with van der Waals surface area (Å²) < 4.78 is 12.9. The van der Waals surface area contributed by atoms with E-state index in [1.165, 1.54) is 0 Å². The average Bonchev–Trinajstić information content (AvgIpc) is 2.42. The van der Waals surface area contributed by atoms with Gasteiger partial charge in [0.05, 0.1) is 29.0 Å². The number of aliphatic hydroxyl groups is 1. The lowest BCUT2D eigenvalue weighted by atomic mass is 9.70. The van der Waals surface area contributed by atoms with E-state index in [-0.39, 0.29) is 28.2 Å². The van der Waals surface area contributed by atoms with Crippen LogP contribution in [-0.2, 0) is 9.47 Å². The van der Waals surface area contributed by atoms with Gasteiger partial charge in [0.15, 0.2) is 0 Å². The molecule has 110 valence electrons. The first kappa shape index (κ1) is 14.3. The smallest absolute Gasteiger partial charge is 0.0952 e. The van der Waals surface area contributed by atoms with Crippen molar-refractivity contribution in [2.24, 2.45) is 5.92 Å². The quantitative estimate of drug-likeness (QED) is 0.693. The minimum Gasteiger partial charge on any atom is -0.390 e. The molecule has 3 saturated heterocycles. The second kappa shape index (κ2) is 4.19. The van der Waals surface area contributed by atoms with Gasteiger partial charge in [0, 0.05) is 4.83 Å². The van der Waals surface area contributed by atoms with Crippen LogP contribution in [0, 0.1) is 5.92 Å². The Kier molecular flexibility index (Phi) is 3.15. The number of alkyl halides is 1. The Labute approximate surface area is 124 Å². The monoisotopic (exact) mass is 332 g/mol. The fourth-order valence-electron chi connectivity index (χ4n) is 4.16. The average molecular weight is 333 g/mol. The molecule has 0 radical (unpaired) electrons. The van der Waals surface area contributed by atoms with Crippen molar-refractivity contribution in [3.05, 3.63) is 0 Å². The van der Waals surface area contributed by atoms with Crippen LogP contribution in [0.1, 0.15) is 53.4 Å². The SMILES string of the molecule is CC1(C)OC2(C)C3CCC(C)(OC2CC1Br)C(O)C3. The summed E-state index contributed by atoms with van der Waals surface area (Å²) in [4.78, 5) is 0.288. The molecule has 4 rings (SSSR count). The minimum atomic E-state index is -0.392. The van der Waals surface area contributed by atoms with E-state index in [0.29, 0.717) is 5.92 Å². The van der Waals surface area contributed by atoms with Gasteiger partial charge in [-0.25, -0.2) is 0 Å². The molecule has 0 aromatic heterocycles. The molecule has 2 bridgehead atoms. The van der Waals surface area contributed by atoms with Crippen molar-refractivity contribution in [3.8, 4) is 0 Å². The summed E-state index contributed by atoms with van der Waals surface area (Å²) in [5.74, 6) is 0.391. The second-order valence-corrected chi connectivity index (χ2v) is 8.60. The summed E-state index contributed by atoms with van der Waals surface area (Å²) in [6.07, 6.45) is 3.47. The minimum absolute atomic E-state index is 0.0690. The topological polar surface area (TPSA) is 38.7 Å². The van der Waals surface area contributed by atoms with E-state index in [9.17, 15) is 5.11 Å². The van der Waals surface area contributed by atoms with Crippen molar-refractivity contribution in [3.63, 3.8) is 0 Å². The van der Waals surface area contributed by atoms with Crippen molar-refractivity contribution in [1.29, 1.82) is 0 Å². The van der Waals surface area contributed by atoms with Gasteiger partial charge in [0.1, 0.15) is 0 Å². The van der Waals surface area contributed by atoms with E-state index < -0.39 is 5.60 Å². The van der Waals surface area contributed by atoms with Gasteiger partial charge in [0.25, 0.3) is 0 Å². The number of rotatable bonds is 0. The molecule has 0 amide bonds. The highest BCUT2D eigenvalue weighted by atomic mass is 79.9. The Morgan fingerprint density at radius 2 is 1.84 bits per heavy atom. The third-order valence-electron chi connectivity index (χ3n) is 5.72. The maximum Gasteiger partial charge on any atom is 0.0952 e. The van der Waals surface area contributed by atoms with Crippen molar-refractivity contribution >= 4 is 15.9 Å². The molecule has 0 spiro atoms. The van der Waals surface area contributed by atoms with E-state index in [1.54, 1.807) is 0 Å². The summed E-state index contributed by atoms with van der Waals surface area (Å²) in [6.45, 7) is 8.53. The molecule has 4 aliphatic rings. The van der Waals surface area contributed by atoms with Gasteiger partial charge in [0.2, 0.25) is 0 Å². The van der Waals surface area contributed by atoms with Crippen molar-refractivity contribution in [2.75, 3.05) is 0 Å². The third-order valence-corrected chi connectivity index (χ3v) is 7.20. The summed E-state index contributed by atoms with van der Waals surface area (Å²) in [7, 11) is 0. The van der Waals surface area contributed by atoms with Gasteiger partial charge in [-0.15, -0.1) is 0 Å². The van der Waals surface area contributed by atoms with Crippen LogP contribution in [-0.4, -0.2) is 38.9 Å². The highest BCUT2D eigenvalue weighted by Gasteiger charge is 2.60. The molecule has 6 unspecified atom stereocenters. The van der Waals surface area contributed by atoms with Gasteiger partial charge in [-0.3, -0.25) is 0 Å². The Hall–Kier alpha value is 0.360. The zero-order valence-corrected chi connectivity index (χ0v) is 13.9. The standard InChI is InChI=1S/C15H25BrO3/c1-13(2)10(16)8-12-15(4,19-13)9-5-6-14(3,18-12)11(17)7-9/h9-12,17H,5-8H2,1-4H3. The van der Waals surface area contributed by atoms with E-state index in [1.807, 2.05) is 0 Å². The molecular weight excluding hydrogens is 308 g/mol. The normalized spacial score (nSPS) is 56.5. The maximum absolute atomic E-state index is 10.4. The molecule has 1 aliphatic carbocycles. The maximum atomic E-state index is 10.4. The Morgan fingerprint density at radius 3 is 2.47 bits per heavy atom. The van der Waals surface area contributed by atoms with Crippen molar-refractivity contribution in [1.82, 2.24) is 0 Å². The molecule has 3 aliphatic heterocycles. The van der Waals surface area contributed by atoms with Gasteiger partial charge < -0.3 is 14.6 Å². The highest BCUT2D eigenvalue weighted by Crippen LogP contribution is 2.54. The lowest BCUT2D eigenvalue weighted by molar-refractivity contribution is -0.248.